The van der Waals surface area contributed by atoms with E-state index >= 15 is 0 Å². The third-order valence-electron chi connectivity index (χ3n) is 2.08. The molecule has 0 aromatic heterocycles. The first-order valence-electron chi connectivity index (χ1n) is 4.76. The first-order chi connectivity index (χ1) is 6.76. The standard InChI is InChI=1S/C11H15N3/c1-2-10(13)8-14-11-5-3-4-9(6-11)7-12/h3-6,10,14H,2,8,13H2,1H3. The van der Waals surface area contributed by atoms with Gasteiger partial charge < -0.3 is 11.1 Å². The van der Waals surface area contributed by atoms with Crippen molar-refractivity contribution in [2.45, 2.75) is 19.4 Å². The monoisotopic (exact) mass is 189 g/mol. The van der Waals surface area contributed by atoms with Crippen LogP contribution in [0.2, 0.25) is 0 Å². The summed E-state index contributed by atoms with van der Waals surface area (Å²) in [4.78, 5) is 0. The van der Waals surface area contributed by atoms with Crippen molar-refractivity contribution in [3.63, 3.8) is 0 Å². The lowest BCUT2D eigenvalue weighted by atomic mass is 10.2. The van der Waals surface area contributed by atoms with Gasteiger partial charge in [-0.05, 0) is 24.6 Å². The topological polar surface area (TPSA) is 61.8 Å². The molecular weight excluding hydrogens is 174 g/mol. The number of anilines is 1. The van der Waals surface area contributed by atoms with Gasteiger partial charge in [0.15, 0.2) is 0 Å². The number of rotatable bonds is 4. The summed E-state index contributed by atoms with van der Waals surface area (Å²) in [5, 5.41) is 11.9. The van der Waals surface area contributed by atoms with Crippen molar-refractivity contribution in [2.24, 2.45) is 5.73 Å². The predicted octanol–water partition coefficient (Wildman–Crippen LogP) is 1.71. The Morgan fingerprint density at radius 3 is 3.00 bits per heavy atom. The lowest BCUT2D eigenvalue weighted by Gasteiger charge is -2.11. The van der Waals surface area contributed by atoms with Gasteiger partial charge in [0.2, 0.25) is 0 Å². The van der Waals surface area contributed by atoms with Crippen molar-refractivity contribution in [3.05, 3.63) is 29.8 Å². The Kier molecular flexibility index (Phi) is 3.96. The van der Waals surface area contributed by atoms with Gasteiger partial charge in [0.25, 0.3) is 0 Å². The third-order valence-corrected chi connectivity index (χ3v) is 2.08. The van der Waals surface area contributed by atoms with Gasteiger partial charge in [0.05, 0.1) is 11.6 Å². The van der Waals surface area contributed by atoms with Crippen molar-refractivity contribution in [1.82, 2.24) is 0 Å². The van der Waals surface area contributed by atoms with Crippen LogP contribution in [-0.2, 0) is 0 Å². The Balaban J connectivity index is 2.55. The molecule has 1 aromatic rings. The van der Waals surface area contributed by atoms with E-state index in [4.69, 9.17) is 11.0 Å². The zero-order chi connectivity index (χ0) is 10.4. The molecular formula is C11H15N3. The number of benzene rings is 1. The Morgan fingerprint density at radius 1 is 1.57 bits per heavy atom. The third kappa shape index (κ3) is 3.08. The van der Waals surface area contributed by atoms with Gasteiger partial charge in [-0.1, -0.05) is 13.0 Å². The van der Waals surface area contributed by atoms with E-state index in [0.717, 1.165) is 18.7 Å². The van der Waals surface area contributed by atoms with E-state index in [9.17, 15) is 0 Å². The predicted molar refractivity (Wildman–Crippen MR) is 57.9 cm³/mol. The van der Waals surface area contributed by atoms with Gasteiger partial charge in [-0.3, -0.25) is 0 Å². The van der Waals surface area contributed by atoms with Crippen LogP contribution in [0, 0.1) is 11.3 Å². The van der Waals surface area contributed by atoms with Gasteiger partial charge >= 0.3 is 0 Å². The highest BCUT2D eigenvalue weighted by Crippen LogP contribution is 2.09. The molecule has 0 saturated carbocycles. The molecule has 0 spiro atoms. The van der Waals surface area contributed by atoms with E-state index in [0.29, 0.717) is 5.56 Å². The van der Waals surface area contributed by atoms with Gasteiger partial charge in [0, 0.05) is 18.3 Å². The second kappa shape index (κ2) is 5.25. The summed E-state index contributed by atoms with van der Waals surface area (Å²) in [5.41, 5.74) is 7.38. The smallest absolute Gasteiger partial charge is 0.0992 e. The van der Waals surface area contributed by atoms with Crippen LogP contribution in [0.4, 0.5) is 5.69 Å². The lowest BCUT2D eigenvalue weighted by Crippen LogP contribution is -2.27. The molecule has 3 N–H and O–H groups in total. The van der Waals surface area contributed by atoms with E-state index in [1.54, 1.807) is 6.07 Å². The van der Waals surface area contributed by atoms with E-state index in [1.807, 2.05) is 18.2 Å². The quantitative estimate of drug-likeness (QED) is 0.758. The molecule has 14 heavy (non-hydrogen) atoms. The minimum absolute atomic E-state index is 0.167. The first-order valence-corrected chi connectivity index (χ1v) is 4.76. The highest BCUT2D eigenvalue weighted by molar-refractivity contribution is 5.49. The van der Waals surface area contributed by atoms with Crippen LogP contribution in [0.1, 0.15) is 18.9 Å². The zero-order valence-electron chi connectivity index (χ0n) is 8.33. The largest absolute Gasteiger partial charge is 0.383 e. The molecule has 74 valence electrons. The van der Waals surface area contributed by atoms with Crippen LogP contribution in [0.15, 0.2) is 24.3 Å². The van der Waals surface area contributed by atoms with E-state index in [-0.39, 0.29) is 6.04 Å². The summed E-state index contributed by atoms with van der Waals surface area (Å²) >= 11 is 0. The lowest BCUT2D eigenvalue weighted by molar-refractivity contribution is 0.679. The molecule has 1 aromatic carbocycles. The fourth-order valence-corrected chi connectivity index (χ4v) is 1.09. The number of hydrogen-bond acceptors (Lipinski definition) is 3. The van der Waals surface area contributed by atoms with Gasteiger partial charge in [-0.2, -0.15) is 5.26 Å². The number of nitrogens with zero attached hydrogens (tertiary/aromatic N) is 1. The second-order valence-corrected chi connectivity index (χ2v) is 3.24. The molecule has 0 heterocycles. The Hall–Kier alpha value is -1.53. The molecule has 0 radical (unpaired) electrons. The molecule has 1 rings (SSSR count). The fourth-order valence-electron chi connectivity index (χ4n) is 1.09. The summed E-state index contributed by atoms with van der Waals surface area (Å²) in [6.07, 6.45) is 0.949. The highest BCUT2D eigenvalue weighted by atomic mass is 14.9. The summed E-state index contributed by atoms with van der Waals surface area (Å²) in [7, 11) is 0. The SMILES string of the molecule is CCC(N)CNc1cccc(C#N)c1. The van der Waals surface area contributed by atoms with E-state index in [1.165, 1.54) is 0 Å². The molecule has 0 bridgehead atoms. The van der Waals surface area contributed by atoms with Gasteiger partial charge in [0.1, 0.15) is 0 Å². The average molecular weight is 189 g/mol. The summed E-state index contributed by atoms with van der Waals surface area (Å²) < 4.78 is 0. The van der Waals surface area contributed by atoms with Crippen molar-refractivity contribution in [1.29, 1.82) is 5.26 Å². The van der Waals surface area contributed by atoms with Crippen molar-refractivity contribution in [3.8, 4) is 6.07 Å². The molecule has 0 amide bonds. The van der Waals surface area contributed by atoms with E-state index < -0.39 is 0 Å². The molecule has 0 saturated heterocycles. The van der Waals surface area contributed by atoms with E-state index in [2.05, 4.69) is 18.3 Å². The fraction of sp³-hybridized carbons (Fsp3) is 0.364. The summed E-state index contributed by atoms with van der Waals surface area (Å²) in [6.45, 7) is 2.80. The van der Waals surface area contributed by atoms with Crippen LogP contribution >= 0.6 is 0 Å². The van der Waals surface area contributed by atoms with Crippen LogP contribution in [0.3, 0.4) is 0 Å². The van der Waals surface area contributed by atoms with Crippen LogP contribution in [-0.4, -0.2) is 12.6 Å². The van der Waals surface area contributed by atoms with Crippen LogP contribution in [0.25, 0.3) is 0 Å². The molecule has 0 aliphatic carbocycles. The van der Waals surface area contributed by atoms with Crippen molar-refractivity contribution >= 4 is 5.69 Å². The molecule has 1 unspecified atom stereocenters. The summed E-state index contributed by atoms with van der Waals surface area (Å²) in [5.74, 6) is 0. The molecule has 0 aliphatic rings. The number of nitrogens with one attached hydrogen (secondary N) is 1. The molecule has 0 aliphatic heterocycles. The first kappa shape index (κ1) is 10.6. The Morgan fingerprint density at radius 2 is 2.36 bits per heavy atom. The normalized spacial score (nSPS) is 11.8. The average Bonchev–Trinajstić information content (AvgIpc) is 2.26. The second-order valence-electron chi connectivity index (χ2n) is 3.24. The number of nitriles is 1. The maximum Gasteiger partial charge on any atom is 0.0992 e. The highest BCUT2D eigenvalue weighted by Gasteiger charge is 1.98. The Labute approximate surface area is 84.5 Å². The molecule has 3 nitrogen and oxygen atoms in total. The molecule has 3 heteroatoms. The van der Waals surface area contributed by atoms with Crippen LogP contribution < -0.4 is 11.1 Å². The van der Waals surface area contributed by atoms with Crippen LogP contribution in [0.5, 0.6) is 0 Å². The minimum atomic E-state index is 0.167. The maximum absolute atomic E-state index is 8.68. The Bertz CT molecular complexity index is 328. The van der Waals surface area contributed by atoms with Crippen molar-refractivity contribution < 1.29 is 0 Å². The van der Waals surface area contributed by atoms with Crippen molar-refractivity contribution in [2.75, 3.05) is 11.9 Å². The maximum atomic E-state index is 8.68. The van der Waals surface area contributed by atoms with Gasteiger partial charge in [-0.15, -0.1) is 0 Å². The molecule has 1 atom stereocenters. The zero-order valence-corrected chi connectivity index (χ0v) is 8.33. The van der Waals surface area contributed by atoms with Gasteiger partial charge in [-0.25, -0.2) is 0 Å². The number of hydrogen-bond donors (Lipinski definition) is 2. The summed E-state index contributed by atoms with van der Waals surface area (Å²) in [6, 6.07) is 9.66. The number of nitrogens with two attached hydrogens (primary N) is 1. The minimum Gasteiger partial charge on any atom is -0.383 e. The molecule has 0 fully saturated rings.